The second-order valence-electron chi connectivity index (χ2n) is 9.58. The maximum absolute atomic E-state index is 13.5. The van der Waals surface area contributed by atoms with Crippen molar-refractivity contribution in [2.45, 2.75) is 31.2 Å². The average molecular weight is 544 g/mol. The smallest absolute Gasteiger partial charge is 0.240 e. The summed E-state index contributed by atoms with van der Waals surface area (Å²) in [5, 5.41) is 23.0. The highest BCUT2D eigenvalue weighted by molar-refractivity contribution is 8.00. The van der Waals surface area contributed by atoms with Crippen molar-refractivity contribution in [1.29, 1.82) is 5.26 Å². The fraction of sp³-hybridized carbons (Fsp3) is 0.125. The van der Waals surface area contributed by atoms with Crippen LogP contribution in [0.2, 0.25) is 0 Å². The first-order valence-corrected chi connectivity index (χ1v) is 13.7. The maximum Gasteiger partial charge on any atom is 0.240 e. The molecule has 0 spiro atoms. The molecule has 3 aromatic carbocycles. The fourth-order valence-corrected chi connectivity index (χ4v) is 5.79. The molecule has 6 aromatic rings. The van der Waals surface area contributed by atoms with Gasteiger partial charge in [-0.05, 0) is 43.5 Å². The number of carbonyl (C=O) groups is 1. The lowest BCUT2D eigenvalue weighted by Gasteiger charge is -2.12. The zero-order valence-electron chi connectivity index (χ0n) is 22.2. The van der Waals surface area contributed by atoms with E-state index < -0.39 is 5.25 Å². The molecule has 40 heavy (non-hydrogen) atoms. The number of fused-ring (bicyclic) bond motifs is 3. The monoisotopic (exact) mass is 543 g/mol. The third kappa shape index (κ3) is 4.40. The summed E-state index contributed by atoms with van der Waals surface area (Å²) in [6.45, 7) is 5.92. The van der Waals surface area contributed by atoms with Gasteiger partial charge in [0.05, 0.1) is 10.8 Å². The number of anilines is 1. The number of carbonyl (C=O) groups excluding carboxylic acids is 1. The number of nitriles is 1. The summed E-state index contributed by atoms with van der Waals surface area (Å²) in [6.07, 6.45) is 0. The summed E-state index contributed by atoms with van der Waals surface area (Å²) in [5.41, 5.74) is 6.53. The minimum Gasteiger partial charge on any atom is -0.438 e. The van der Waals surface area contributed by atoms with Crippen LogP contribution >= 0.6 is 11.8 Å². The van der Waals surface area contributed by atoms with Crippen LogP contribution < -0.4 is 5.32 Å². The number of nitrogens with zero attached hydrogens (tertiary/aromatic N) is 4. The normalized spacial score (nSPS) is 11.9. The zero-order chi connectivity index (χ0) is 27.8. The Morgan fingerprint density at radius 2 is 1.65 bits per heavy atom. The summed E-state index contributed by atoms with van der Waals surface area (Å²) in [4.78, 5) is 13.5. The lowest BCUT2D eigenvalue weighted by molar-refractivity contribution is -0.115. The lowest BCUT2D eigenvalue weighted by Crippen LogP contribution is -2.23. The van der Waals surface area contributed by atoms with E-state index in [0.717, 1.165) is 38.8 Å². The van der Waals surface area contributed by atoms with Gasteiger partial charge in [-0.3, -0.25) is 14.5 Å². The Morgan fingerprint density at radius 3 is 2.35 bits per heavy atom. The van der Waals surface area contributed by atoms with E-state index in [4.69, 9.17) is 4.42 Å². The number of furan rings is 1. The Bertz CT molecular complexity index is 1920. The molecule has 196 valence electrons. The number of rotatable bonds is 6. The van der Waals surface area contributed by atoms with Crippen LogP contribution in [-0.4, -0.2) is 25.8 Å². The molecule has 1 N–H and O–H groups in total. The van der Waals surface area contributed by atoms with E-state index in [1.807, 2.05) is 77.2 Å². The van der Waals surface area contributed by atoms with E-state index in [9.17, 15) is 10.1 Å². The highest BCUT2D eigenvalue weighted by Crippen LogP contribution is 2.41. The molecule has 1 amide bonds. The molecule has 0 saturated carbocycles. The molecule has 6 rings (SSSR count). The number of aromatic nitrogens is 3. The fourth-order valence-electron chi connectivity index (χ4n) is 4.93. The Labute approximate surface area is 235 Å². The minimum absolute atomic E-state index is 0.126. The van der Waals surface area contributed by atoms with Crippen LogP contribution in [0.15, 0.2) is 94.5 Å². The number of amides is 1. The van der Waals surface area contributed by atoms with Crippen LogP contribution in [0, 0.1) is 25.2 Å². The second kappa shape index (κ2) is 10.4. The molecule has 0 aliphatic carbocycles. The molecule has 7 nitrogen and oxygen atoms in total. The van der Waals surface area contributed by atoms with Crippen molar-refractivity contribution in [2.24, 2.45) is 0 Å². The maximum atomic E-state index is 13.5. The van der Waals surface area contributed by atoms with Crippen molar-refractivity contribution in [2.75, 3.05) is 5.32 Å². The van der Waals surface area contributed by atoms with Crippen LogP contribution in [0.5, 0.6) is 0 Å². The molecule has 0 bridgehead atoms. The van der Waals surface area contributed by atoms with E-state index in [0.29, 0.717) is 16.5 Å². The van der Waals surface area contributed by atoms with Gasteiger partial charge in [0.1, 0.15) is 17.4 Å². The third-order valence-corrected chi connectivity index (χ3v) is 7.94. The number of aryl methyl sites for hydroxylation is 2. The first-order valence-electron chi connectivity index (χ1n) is 12.9. The van der Waals surface area contributed by atoms with Crippen molar-refractivity contribution >= 4 is 40.1 Å². The minimum atomic E-state index is -0.551. The van der Waals surface area contributed by atoms with E-state index in [2.05, 4.69) is 47.6 Å². The number of thioether (sulfide) groups is 1. The van der Waals surface area contributed by atoms with Crippen molar-refractivity contribution < 1.29 is 9.21 Å². The van der Waals surface area contributed by atoms with Crippen LogP contribution in [0.3, 0.4) is 0 Å². The van der Waals surface area contributed by atoms with Gasteiger partial charge < -0.3 is 4.42 Å². The largest absolute Gasteiger partial charge is 0.438 e. The average Bonchev–Trinajstić information content (AvgIpc) is 3.54. The Morgan fingerprint density at radius 1 is 0.950 bits per heavy atom. The van der Waals surface area contributed by atoms with E-state index in [-0.39, 0.29) is 17.4 Å². The Kier molecular flexibility index (Phi) is 6.58. The first-order chi connectivity index (χ1) is 19.5. The number of nitrogens with one attached hydrogen (secondary N) is 1. The first kappa shape index (κ1) is 25.4. The summed E-state index contributed by atoms with van der Waals surface area (Å²) in [5.74, 6) is 0.347. The van der Waals surface area contributed by atoms with Crippen molar-refractivity contribution in [1.82, 2.24) is 14.6 Å². The summed E-state index contributed by atoms with van der Waals surface area (Å²) >= 11 is 1.31. The quantitative estimate of drug-likeness (QED) is 0.220. The predicted octanol–water partition coefficient (Wildman–Crippen LogP) is 7.42. The van der Waals surface area contributed by atoms with E-state index in [1.165, 1.54) is 11.8 Å². The van der Waals surface area contributed by atoms with Crippen molar-refractivity contribution in [3.8, 4) is 28.5 Å². The molecule has 1 atom stereocenters. The highest BCUT2D eigenvalue weighted by Gasteiger charge is 2.27. The third-order valence-electron chi connectivity index (χ3n) is 6.90. The van der Waals surface area contributed by atoms with E-state index in [1.54, 1.807) is 6.92 Å². The van der Waals surface area contributed by atoms with Gasteiger partial charge in [0.25, 0.3) is 0 Å². The van der Waals surface area contributed by atoms with Gasteiger partial charge in [-0.15, -0.1) is 10.2 Å². The molecular weight excluding hydrogens is 518 g/mol. The van der Waals surface area contributed by atoms with Gasteiger partial charge in [-0.25, -0.2) is 0 Å². The van der Waals surface area contributed by atoms with Gasteiger partial charge in [-0.2, -0.15) is 5.26 Å². The Balaban J connectivity index is 1.35. The Hall–Kier alpha value is -4.87. The molecule has 0 radical (unpaired) electrons. The van der Waals surface area contributed by atoms with Gasteiger partial charge >= 0.3 is 0 Å². The van der Waals surface area contributed by atoms with Gasteiger partial charge in [0, 0.05) is 16.5 Å². The molecule has 3 heterocycles. The van der Waals surface area contributed by atoms with Gasteiger partial charge in [0.15, 0.2) is 10.8 Å². The molecule has 3 aromatic heterocycles. The van der Waals surface area contributed by atoms with Gasteiger partial charge in [-0.1, -0.05) is 90.6 Å². The van der Waals surface area contributed by atoms with Gasteiger partial charge in [0.2, 0.25) is 11.8 Å². The predicted molar refractivity (Wildman–Crippen MR) is 158 cm³/mol. The number of hydrogen-bond acceptors (Lipinski definition) is 6. The number of benzene rings is 3. The van der Waals surface area contributed by atoms with E-state index >= 15 is 0 Å². The molecule has 0 aliphatic rings. The standard InChI is InChI=1S/C32H25N5O2S/c1-19-11-10-16-24-20(2)17-26-35-36-32(37(26)28(19)24)40-21(3)30(38)34-31-25(18-33)27(22-12-6-4-7-13-22)29(39-31)23-14-8-5-9-15-23/h4-17,21H,1-3H3,(H,34,38). The molecule has 0 fully saturated rings. The van der Waals surface area contributed by atoms with Crippen LogP contribution in [0.4, 0.5) is 5.88 Å². The SMILES string of the molecule is Cc1cc2nnc(SC(C)C(=O)Nc3oc(-c4ccccc4)c(-c4ccccc4)c3C#N)n2c2c(C)cccc12. The van der Waals surface area contributed by atoms with Crippen LogP contribution in [-0.2, 0) is 4.79 Å². The molecular formula is C32H25N5O2S. The molecule has 8 heteroatoms. The second-order valence-corrected chi connectivity index (χ2v) is 10.9. The number of pyridine rings is 1. The molecule has 0 aliphatic heterocycles. The topological polar surface area (TPSA) is 96.2 Å². The summed E-state index contributed by atoms with van der Waals surface area (Å²) in [6, 6.07) is 29.6. The molecule has 0 saturated heterocycles. The highest BCUT2D eigenvalue weighted by atomic mass is 32.2. The van der Waals surface area contributed by atoms with Crippen molar-refractivity contribution in [3.63, 3.8) is 0 Å². The number of para-hydroxylation sites is 1. The summed E-state index contributed by atoms with van der Waals surface area (Å²) in [7, 11) is 0. The van der Waals surface area contributed by atoms with Crippen LogP contribution in [0.1, 0.15) is 23.6 Å². The number of hydrogen-bond donors (Lipinski definition) is 1. The zero-order valence-corrected chi connectivity index (χ0v) is 23.0. The molecule has 1 unspecified atom stereocenters. The summed E-state index contributed by atoms with van der Waals surface area (Å²) < 4.78 is 8.19. The van der Waals surface area contributed by atoms with Crippen molar-refractivity contribution in [3.05, 3.63) is 102 Å². The lowest BCUT2D eigenvalue weighted by atomic mass is 9.98. The van der Waals surface area contributed by atoms with Crippen LogP contribution in [0.25, 0.3) is 39.0 Å².